The number of methoxy groups -OCH3 is 3. The van der Waals surface area contributed by atoms with Gasteiger partial charge in [0.25, 0.3) is 5.91 Å². The van der Waals surface area contributed by atoms with Crippen molar-refractivity contribution in [2.24, 2.45) is 0 Å². The Morgan fingerprint density at radius 3 is 2.33 bits per heavy atom. The highest BCUT2D eigenvalue weighted by atomic mass is 35.5. The van der Waals surface area contributed by atoms with Gasteiger partial charge in [0.1, 0.15) is 4.88 Å². The number of halogens is 1. The summed E-state index contributed by atoms with van der Waals surface area (Å²) in [5, 5.41) is 3.89. The number of carbonyl (C=O) groups is 2. The second-order valence-electron chi connectivity index (χ2n) is 5.44. The number of fused-ring (bicyclic) bond motifs is 1. The number of hydrogen-bond acceptors (Lipinski definition) is 6. The molecular weight excluding hydrogens is 390 g/mol. The van der Waals surface area contributed by atoms with E-state index in [1.807, 2.05) is 24.3 Å². The topological polar surface area (TPSA) is 73.9 Å². The molecule has 0 spiro atoms. The van der Waals surface area contributed by atoms with Gasteiger partial charge in [-0.25, -0.2) is 4.79 Å². The molecule has 3 rings (SSSR count). The molecule has 6 nitrogen and oxygen atoms in total. The molecule has 0 aliphatic heterocycles. The summed E-state index contributed by atoms with van der Waals surface area (Å²) >= 11 is 7.64. The van der Waals surface area contributed by atoms with Crippen LogP contribution in [0.4, 0.5) is 5.69 Å². The Kier molecular flexibility index (Phi) is 5.53. The lowest BCUT2D eigenvalue weighted by Gasteiger charge is -2.14. The zero-order valence-electron chi connectivity index (χ0n) is 14.8. The van der Waals surface area contributed by atoms with E-state index in [-0.39, 0.29) is 11.3 Å². The van der Waals surface area contributed by atoms with Gasteiger partial charge in [0.2, 0.25) is 0 Å². The lowest BCUT2D eigenvalue weighted by Crippen LogP contribution is -2.15. The second-order valence-corrected chi connectivity index (χ2v) is 6.87. The van der Waals surface area contributed by atoms with E-state index >= 15 is 0 Å². The highest BCUT2D eigenvalue weighted by Gasteiger charge is 2.22. The van der Waals surface area contributed by atoms with E-state index in [1.165, 1.54) is 44.8 Å². The van der Waals surface area contributed by atoms with E-state index in [0.29, 0.717) is 21.4 Å². The van der Waals surface area contributed by atoms with Crippen LogP contribution < -0.4 is 14.8 Å². The molecule has 140 valence electrons. The minimum Gasteiger partial charge on any atom is -0.493 e. The number of esters is 1. The van der Waals surface area contributed by atoms with E-state index in [0.717, 1.165) is 10.1 Å². The van der Waals surface area contributed by atoms with Gasteiger partial charge >= 0.3 is 5.97 Å². The van der Waals surface area contributed by atoms with Gasteiger partial charge in [-0.3, -0.25) is 4.79 Å². The lowest BCUT2D eigenvalue weighted by atomic mass is 10.1. The Morgan fingerprint density at radius 2 is 1.70 bits per heavy atom. The van der Waals surface area contributed by atoms with Gasteiger partial charge in [-0.2, -0.15) is 0 Å². The third-order valence-corrected chi connectivity index (χ3v) is 5.59. The first-order chi connectivity index (χ1) is 13.0. The van der Waals surface area contributed by atoms with Gasteiger partial charge in [-0.15, -0.1) is 11.3 Å². The highest BCUT2D eigenvalue weighted by Crippen LogP contribution is 2.37. The molecule has 0 aliphatic carbocycles. The number of ether oxygens (including phenoxy) is 3. The predicted octanol–water partition coefficient (Wildman–Crippen LogP) is 4.61. The van der Waals surface area contributed by atoms with Crippen molar-refractivity contribution in [3.63, 3.8) is 0 Å². The van der Waals surface area contributed by atoms with Gasteiger partial charge < -0.3 is 19.5 Å². The van der Waals surface area contributed by atoms with E-state index < -0.39 is 11.9 Å². The van der Waals surface area contributed by atoms with Crippen molar-refractivity contribution in [1.29, 1.82) is 0 Å². The molecule has 1 heterocycles. The molecular formula is C19H16ClNO5S. The van der Waals surface area contributed by atoms with Gasteiger partial charge in [-0.05, 0) is 6.07 Å². The number of nitrogens with one attached hydrogen (secondary N) is 1. The van der Waals surface area contributed by atoms with Crippen LogP contribution in [-0.2, 0) is 4.74 Å². The lowest BCUT2D eigenvalue weighted by molar-refractivity contribution is 0.0601. The molecule has 0 unspecified atom stereocenters. The molecule has 2 aromatic carbocycles. The molecule has 0 bridgehead atoms. The fraction of sp³-hybridized carbons (Fsp3) is 0.158. The molecule has 1 aromatic heterocycles. The molecule has 0 radical (unpaired) electrons. The molecule has 1 amide bonds. The largest absolute Gasteiger partial charge is 0.493 e. The Morgan fingerprint density at radius 1 is 1.04 bits per heavy atom. The number of carbonyl (C=O) groups excluding carboxylic acids is 2. The maximum absolute atomic E-state index is 12.8. The SMILES string of the molecule is COC(=O)c1cc(OC)c(OC)cc1NC(=O)c1sc2ccccc2c1Cl. The van der Waals surface area contributed by atoms with Crippen molar-refractivity contribution in [3.8, 4) is 11.5 Å². The molecule has 0 saturated heterocycles. The average molecular weight is 406 g/mol. The second kappa shape index (κ2) is 7.85. The van der Waals surface area contributed by atoms with Gasteiger partial charge in [0.05, 0.1) is 37.6 Å². The van der Waals surface area contributed by atoms with Crippen LogP contribution in [0.1, 0.15) is 20.0 Å². The van der Waals surface area contributed by atoms with Crippen molar-refractivity contribution in [1.82, 2.24) is 0 Å². The van der Waals surface area contributed by atoms with Gasteiger partial charge in [0.15, 0.2) is 11.5 Å². The van der Waals surface area contributed by atoms with Crippen LogP contribution in [0, 0.1) is 0 Å². The zero-order valence-corrected chi connectivity index (χ0v) is 16.4. The van der Waals surface area contributed by atoms with Crippen LogP contribution in [0.3, 0.4) is 0 Å². The van der Waals surface area contributed by atoms with Gasteiger partial charge in [-0.1, -0.05) is 29.8 Å². The first-order valence-electron chi connectivity index (χ1n) is 7.82. The fourth-order valence-electron chi connectivity index (χ4n) is 2.60. The number of anilines is 1. The summed E-state index contributed by atoms with van der Waals surface area (Å²) < 4.78 is 16.2. The molecule has 3 aromatic rings. The predicted molar refractivity (Wildman–Crippen MR) is 106 cm³/mol. The van der Waals surface area contributed by atoms with Crippen molar-refractivity contribution in [3.05, 3.63) is 51.9 Å². The van der Waals surface area contributed by atoms with Gasteiger partial charge in [0, 0.05) is 22.2 Å². The summed E-state index contributed by atoms with van der Waals surface area (Å²) in [6.45, 7) is 0. The van der Waals surface area contributed by atoms with E-state index in [9.17, 15) is 9.59 Å². The minimum absolute atomic E-state index is 0.140. The average Bonchev–Trinajstić information content (AvgIpc) is 3.04. The first-order valence-corrected chi connectivity index (χ1v) is 9.02. The Bertz CT molecular complexity index is 1030. The summed E-state index contributed by atoms with van der Waals surface area (Å²) in [6.07, 6.45) is 0. The maximum atomic E-state index is 12.8. The maximum Gasteiger partial charge on any atom is 0.340 e. The number of benzene rings is 2. The number of amides is 1. The number of hydrogen-bond donors (Lipinski definition) is 1. The molecule has 27 heavy (non-hydrogen) atoms. The third-order valence-electron chi connectivity index (χ3n) is 3.92. The van der Waals surface area contributed by atoms with E-state index in [4.69, 9.17) is 25.8 Å². The molecule has 1 N–H and O–H groups in total. The smallest absolute Gasteiger partial charge is 0.340 e. The van der Waals surface area contributed by atoms with Crippen LogP contribution in [0.25, 0.3) is 10.1 Å². The summed E-state index contributed by atoms with van der Waals surface area (Å²) in [6, 6.07) is 10.4. The molecule has 8 heteroatoms. The van der Waals surface area contributed by atoms with Crippen molar-refractivity contribution in [2.75, 3.05) is 26.6 Å². The van der Waals surface area contributed by atoms with Crippen LogP contribution >= 0.6 is 22.9 Å². The third kappa shape index (κ3) is 3.56. The van der Waals surface area contributed by atoms with Crippen molar-refractivity contribution >= 4 is 50.6 Å². The summed E-state index contributed by atoms with van der Waals surface area (Å²) in [5.41, 5.74) is 0.374. The summed E-state index contributed by atoms with van der Waals surface area (Å²) in [5.74, 6) is -0.342. The molecule has 0 saturated carbocycles. The van der Waals surface area contributed by atoms with Crippen LogP contribution in [0.15, 0.2) is 36.4 Å². The molecule has 0 fully saturated rings. The molecule has 0 atom stereocenters. The Balaban J connectivity index is 2.03. The van der Waals surface area contributed by atoms with Crippen LogP contribution in [0.5, 0.6) is 11.5 Å². The van der Waals surface area contributed by atoms with Crippen LogP contribution in [0.2, 0.25) is 5.02 Å². The summed E-state index contributed by atoms with van der Waals surface area (Å²) in [7, 11) is 4.17. The molecule has 0 aliphatic rings. The quantitative estimate of drug-likeness (QED) is 0.627. The van der Waals surface area contributed by atoms with E-state index in [2.05, 4.69) is 5.32 Å². The first kappa shape index (κ1) is 19.0. The van der Waals surface area contributed by atoms with Crippen LogP contribution in [-0.4, -0.2) is 33.2 Å². The van der Waals surface area contributed by atoms with E-state index in [1.54, 1.807) is 0 Å². The number of thiophene rings is 1. The standard InChI is InChI=1S/C19H16ClNO5S/c1-24-13-8-11(19(23)26-3)12(9-14(13)25-2)21-18(22)17-16(20)10-6-4-5-7-15(10)27-17/h4-9H,1-3H3,(H,21,22). The zero-order chi connectivity index (χ0) is 19.6. The Hall–Kier alpha value is -2.77. The fourth-order valence-corrected chi connectivity index (χ4v) is 4.01. The Labute approximate surface area is 164 Å². The normalized spacial score (nSPS) is 10.5. The monoisotopic (exact) mass is 405 g/mol. The van der Waals surface area contributed by atoms with Crippen molar-refractivity contribution in [2.45, 2.75) is 0 Å². The van der Waals surface area contributed by atoms with Crippen molar-refractivity contribution < 1.29 is 23.8 Å². The number of rotatable bonds is 5. The summed E-state index contributed by atoms with van der Waals surface area (Å²) in [4.78, 5) is 25.3. The minimum atomic E-state index is -0.617. The highest BCUT2D eigenvalue weighted by molar-refractivity contribution is 7.21.